The van der Waals surface area contributed by atoms with E-state index in [2.05, 4.69) is 10.1 Å². The highest BCUT2D eigenvalue weighted by atomic mass is 16.4. The van der Waals surface area contributed by atoms with Gasteiger partial charge in [0.15, 0.2) is 0 Å². The number of oxime groups is 1. The molecular weight excluding hydrogens is 230 g/mol. The average molecular weight is 247 g/mol. The van der Waals surface area contributed by atoms with Crippen LogP contribution in [0.3, 0.4) is 0 Å². The van der Waals surface area contributed by atoms with E-state index >= 15 is 0 Å². The number of benzene rings is 1. The summed E-state index contributed by atoms with van der Waals surface area (Å²) >= 11 is 0. The number of amides is 1. The second-order valence-corrected chi connectivity index (χ2v) is 3.81. The summed E-state index contributed by atoms with van der Waals surface area (Å²) in [6, 6.07) is 7.28. The van der Waals surface area contributed by atoms with E-state index < -0.39 is 0 Å². The zero-order chi connectivity index (χ0) is 13.5. The zero-order valence-electron chi connectivity index (χ0n) is 10.8. The minimum absolute atomic E-state index is 0.0104. The summed E-state index contributed by atoms with van der Waals surface area (Å²) in [6.45, 7) is 3.48. The Morgan fingerprint density at radius 3 is 2.72 bits per heavy atom. The van der Waals surface area contributed by atoms with Crippen molar-refractivity contribution in [3.05, 3.63) is 29.8 Å². The molecule has 5 nitrogen and oxygen atoms in total. The Hall–Kier alpha value is -2.17. The summed E-state index contributed by atoms with van der Waals surface area (Å²) in [4.78, 5) is 17.0. The van der Waals surface area contributed by atoms with Crippen molar-refractivity contribution in [3.63, 3.8) is 0 Å². The van der Waals surface area contributed by atoms with Gasteiger partial charge in [0.25, 0.3) is 0 Å². The van der Waals surface area contributed by atoms with Crippen LogP contribution in [0.15, 0.2) is 34.4 Å². The fraction of sp³-hybridized carbons (Fsp3) is 0.308. The molecule has 1 aromatic carbocycles. The van der Waals surface area contributed by atoms with Gasteiger partial charge in [-0.1, -0.05) is 30.3 Å². The quantitative estimate of drug-likeness (QED) is 0.384. The maximum Gasteiger partial charge on any atom is 0.227 e. The largest absolute Gasteiger partial charge is 0.411 e. The van der Waals surface area contributed by atoms with Gasteiger partial charge in [-0.05, 0) is 13.0 Å². The molecule has 1 amide bonds. The molecule has 1 aromatic rings. The number of aliphatic imine (C=N–C) groups is 1. The molecule has 0 unspecified atom stereocenters. The maximum atomic E-state index is 11.4. The van der Waals surface area contributed by atoms with Gasteiger partial charge in [-0.25, -0.2) is 4.99 Å². The van der Waals surface area contributed by atoms with Crippen LogP contribution in [0.25, 0.3) is 0 Å². The summed E-state index contributed by atoms with van der Waals surface area (Å²) in [5.74, 6) is -0.0104. The average Bonchev–Trinajstić information content (AvgIpc) is 2.43. The van der Waals surface area contributed by atoms with Gasteiger partial charge in [0.1, 0.15) is 0 Å². The molecule has 0 fully saturated rings. The van der Waals surface area contributed by atoms with Crippen LogP contribution in [0.5, 0.6) is 0 Å². The number of para-hydroxylation sites is 1. The molecule has 0 bridgehead atoms. The number of carbonyl (C=O) groups is 1. The molecular formula is C13H17N3O2. The van der Waals surface area contributed by atoms with Crippen LogP contribution < -0.4 is 0 Å². The molecule has 1 rings (SSSR count). The molecule has 0 aliphatic rings. The molecule has 0 aliphatic heterocycles. The lowest BCUT2D eigenvalue weighted by Gasteiger charge is -2.09. The van der Waals surface area contributed by atoms with Gasteiger partial charge in [-0.3, -0.25) is 4.79 Å². The van der Waals surface area contributed by atoms with Gasteiger partial charge in [-0.2, -0.15) is 0 Å². The first-order chi connectivity index (χ1) is 8.60. The summed E-state index contributed by atoms with van der Waals surface area (Å²) in [5.41, 5.74) is 1.87. The molecule has 0 spiro atoms. The topological polar surface area (TPSA) is 65.3 Å². The van der Waals surface area contributed by atoms with Gasteiger partial charge in [0.05, 0.1) is 17.7 Å². The second-order valence-electron chi connectivity index (χ2n) is 3.81. The lowest BCUT2D eigenvalue weighted by molar-refractivity contribution is -0.125. The predicted molar refractivity (Wildman–Crippen MR) is 71.7 cm³/mol. The van der Waals surface area contributed by atoms with E-state index in [0.717, 1.165) is 5.56 Å². The van der Waals surface area contributed by atoms with Gasteiger partial charge in [0, 0.05) is 19.0 Å². The van der Waals surface area contributed by atoms with Crippen LogP contribution in [0.4, 0.5) is 5.69 Å². The number of hydrogen-bond acceptors (Lipinski definition) is 4. The molecule has 0 saturated heterocycles. The fourth-order valence-electron chi connectivity index (χ4n) is 1.41. The molecule has 0 heterocycles. The third-order valence-corrected chi connectivity index (χ3v) is 2.51. The third kappa shape index (κ3) is 3.41. The second kappa shape index (κ2) is 6.54. The Kier molecular flexibility index (Phi) is 5.05. The van der Waals surface area contributed by atoms with Crippen LogP contribution in [-0.4, -0.2) is 35.1 Å². The van der Waals surface area contributed by atoms with Crippen LogP contribution in [0.2, 0.25) is 0 Å². The molecule has 0 atom stereocenters. The monoisotopic (exact) mass is 247 g/mol. The minimum atomic E-state index is -0.0104. The number of nitrogens with zero attached hydrogens (tertiary/aromatic N) is 3. The Labute approximate surface area is 106 Å². The van der Waals surface area contributed by atoms with E-state index in [-0.39, 0.29) is 5.91 Å². The first kappa shape index (κ1) is 13.9. The van der Waals surface area contributed by atoms with Crippen molar-refractivity contribution in [1.29, 1.82) is 0 Å². The lowest BCUT2D eigenvalue weighted by atomic mass is 10.1. The van der Waals surface area contributed by atoms with Crippen LogP contribution >= 0.6 is 0 Å². The van der Waals surface area contributed by atoms with Crippen molar-refractivity contribution in [2.24, 2.45) is 10.1 Å². The Morgan fingerprint density at radius 1 is 1.44 bits per heavy atom. The highest BCUT2D eigenvalue weighted by Crippen LogP contribution is 2.19. The van der Waals surface area contributed by atoms with Crippen molar-refractivity contribution in [1.82, 2.24) is 4.90 Å². The molecule has 0 radical (unpaired) electrons. The van der Waals surface area contributed by atoms with Gasteiger partial charge >= 0.3 is 0 Å². The van der Waals surface area contributed by atoms with E-state index in [0.29, 0.717) is 17.8 Å². The van der Waals surface area contributed by atoms with Crippen molar-refractivity contribution >= 4 is 23.6 Å². The van der Waals surface area contributed by atoms with E-state index in [1.807, 2.05) is 18.2 Å². The van der Waals surface area contributed by atoms with Crippen molar-refractivity contribution in [2.75, 3.05) is 7.05 Å². The number of carbonyl (C=O) groups excluding carboxylic acids is 1. The van der Waals surface area contributed by atoms with E-state index in [4.69, 9.17) is 5.21 Å². The number of hydrogen-bond donors (Lipinski definition) is 1. The molecule has 1 N–H and O–H groups in total. The van der Waals surface area contributed by atoms with Gasteiger partial charge in [-0.15, -0.1) is 0 Å². The van der Waals surface area contributed by atoms with Crippen LogP contribution in [0, 0.1) is 0 Å². The molecule has 0 saturated carbocycles. The summed E-state index contributed by atoms with van der Waals surface area (Å²) in [7, 11) is 1.66. The van der Waals surface area contributed by atoms with Gasteiger partial charge in [0.2, 0.25) is 5.91 Å². The standard InChI is InChI=1S/C13H17N3O2/c1-4-13(17)16(3)9-14-12-8-6-5-7-11(12)10(2)15-18/h5-9,18H,4H2,1-3H3/b14-9?,15-10+. The predicted octanol–water partition coefficient (Wildman–Crippen LogP) is 2.41. The normalized spacial score (nSPS) is 11.8. The van der Waals surface area contributed by atoms with Crippen molar-refractivity contribution in [2.45, 2.75) is 20.3 Å². The van der Waals surface area contributed by atoms with E-state index in [9.17, 15) is 4.79 Å². The maximum absolute atomic E-state index is 11.4. The van der Waals surface area contributed by atoms with E-state index in [1.54, 1.807) is 27.0 Å². The highest BCUT2D eigenvalue weighted by molar-refractivity contribution is 6.03. The molecule has 0 aliphatic carbocycles. The Morgan fingerprint density at radius 2 is 2.11 bits per heavy atom. The molecule has 96 valence electrons. The summed E-state index contributed by atoms with van der Waals surface area (Å²) < 4.78 is 0. The molecule has 5 heteroatoms. The Balaban J connectivity index is 2.98. The smallest absolute Gasteiger partial charge is 0.227 e. The summed E-state index contributed by atoms with van der Waals surface area (Å²) in [5, 5.41) is 11.9. The first-order valence-electron chi connectivity index (χ1n) is 5.68. The zero-order valence-corrected chi connectivity index (χ0v) is 10.8. The van der Waals surface area contributed by atoms with Gasteiger partial charge < -0.3 is 10.1 Å². The first-order valence-corrected chi connectivity index (χ1v) is 5.68. The Bertz CT molecular complexity index is 481. The number of rotatable bonds is 4. The third-order valence-electron chi connectivity index (χ3n) is 2.51. The highest BCUT2D eigenvalue weighted by Gasteiger charge is 2.05. The van der Waals surface area contributed by atoms with Crippen LogP contribution in [0.1, 0.15) is 25.8 Å². The lowest BCUT2D eigenvalue weighted by Crippen LogP contribution is -2.23. The fourth-order valence-corrected chi connectivity index (χ4v) is 1.41. The van der Waals surface area contributed by atoms with E-state index in [1.165, 1.54) is 11.2 Å². The SMILES string of the molecule is CCC(=O)N(C)C=Nc1ccccc1/C(C)=N/O. The molecule has 18 heavy (non-hydrogen) atoms. The summed E-state index contributed by atoms with van der Waals surface area (Å²) in [6.07, 6.45) is 1.90. The van der Waals surface area contributed by atoms with Crippen molar-refractivity contribution in [3.8, 4) is 0 Å². The molecule has 0 aromatic heterocycles. The van der Waals surface area contributed by atoms with Crippen LogP contribution in [-0.2, 0) is 4.79 Å². The minimum Gasteiger partial charge on any atom is -0.411 e. The van der Waals surface area contributed by atoms with Crippen molar-refractivity contribution < 1.29 is 10.0 Å².